The molecule has 1 aromatic rings. The fourth-order valence-electron chi connectivity index (χ4n) is 2.00. The van der Waals surface area contributed by atoms with E-state index in [-0.39, 0.29) is 0 Å². The molecule has 0 bridgehead atoms. The molecule has 1 saturated carbocycles. The molecule has 76 valence electrons. The van der Waals surface area contributed by atoms with Crippen LogP contribution in [0.4, 0.5) is 5.13 Å². The average molecular weight is 230 g/mol. The largest absolute Gasteiger partial charge is 0.345 e. The second-order valence-electron chi connectivity index (χ2n) is 4.08. The molecule has 1 aliphatic heterocycles. The first-order valence-corrected chi connectivity index (χ1v) is 6.08. The average Bonchev–Trinajstić information content (AvgIpc) is 2.78. The van der Waals surface area contributed by atoms with E-state index < -0.39 is 0 Å². The molecule has 1 aliphatic carbocycles. The third kappa shape index (κ3) is 1.51. The SMILES string of the molecule is Clc1cnc(N2CCNC3(CC3)C2)s1. The maximum absolute atomic E-state index is 5.88. The number of nitrogens with zero attached hydrogens (tertiary/aromatic N) is 2. The molecule has 0 aromatic carbocycles. The van der Waals surface area contributed by atoms with Gasteiger partial charge in [-0.05, 0) is 12.8 Å². The summed E-state index contributed by atoms with van der Waals surface area (Å²) in [5, 5.41) is 4.65. The van der Waals surface area contributed by atoms with E-state index in [0.717, 1.165) is 29.1 Å². The van der Waals surface area contributed by atoms with Crippen LogP contribution in [0.15, 0.2) is 6.20 Å². The minimum absolute atomic E-state index is 0.413. The number of nitrogens with one attached hydrogen (secondary N) is 1. The Morgan fingerprint density at radius 1 is 1.57 bits per heavy atom. The van der Waals surface area contributed by atoms with Crippen LogP contribution in [0.3, 0.4) is 0 Å². The lowest BCUT2D eigenvalue weighted by atomic mass is 10.2. The van der Waals surface area contributed by atoms with E-state index in [4.69, 9.17) is 11.6 Å². The lowest BCUT2D eigenvalue weighted by Gasteiger charge is -2.33. The topological polar surface area (TPSA) is 28.2 Å². The van der Waals surface area contributed by atoms with E-state index in [1.165, 1.54) is 12.8 Å². The molecule has 0 amide bonds. The summed E-state index contributed by atoms with van der Waals surface area (Å²) in [6.07, 6.45) is 4.36. The van der Waals surface area contributed by atoms with E-state index in [1.807, 2.05) is 0 Å². The highest BCUT2D eigenvalue weighted by Gasteiger charge is 2.45. The molecule has 5 heteroatoms. The summed E-state index contributed by atoms with van der Waals surface area (Å²) in [6.45, 7) is 3.21. The van der Waals surface area contributed by atoms with E-state index in [0.29, 0.717) is 5.54 Å². The zero-order valence-electron chi connectivity index (χ0n) is 7.79. The molecule has 3 nitrogen and oxygen atoms in total. The van der Waals surface area contributed by atoms with Crippen molar-refractivity contribution >= 4 is 28.1 Å². The van der Waals surface area contributed by atoms with E-state index in [2.05, 4.69) is 15.2 Å². The Kier molecular flexibility index (Phi) is 1.97. The van der Waals surface area contributed by atoms with Crippen LogP contribution in [0.2, 0.25) is 4.34 Å². The van der Waals surface area contributed by atoms with Gasteiger partial charge in [0.15, 0.2) is 5.13 Å². The first-order valence-electron chi connectivity index (χ1n) is 4.89. The molecule has 2 fully saturated rings. The summed E-state index contributed by atoms with van der Waals surface area (Å²) in [7, 11) is 0. The molecule has 2 heterocycles. The number of halogens is 1. The Morgan fingerprint density at radius 2 is 2.43 bits per heavy atom. The predicted octanol–water partition coefficient (Wildman–Crippen LogP) is 1.74. The Bertz CT molecular complexity index is 348. The van der Waals surface area contributed by atoms with Crippen molar-refractivity contribution in [1.82, 2.24) is 10.3 Å². The number of rotatable bonds is 1. The predicted molar refractivity (Wildman–Crippen MR) is 59.3 cm³/mol. The minimum Gasteiger partial charge on any atom is -0.345 e. The fraction of sp³-hybridized carbons (Fsp3) is 0.667. The number of thiazole rings is 1. The van der Waals surface area contributed by atoms with Crippen molar-refractivity contribution in [3.05, 3.63) is 10.5 Å². The van der Waals surface area contributed by atoms with Crippen LogP contribution in [-0.2, 0) is 0 Å². The molecule has 3 rings (SSSR count). The Labute approximate surface area is 92.1 Å². The summed E-state index contributed by atoms with van der Waals surface area (Å²) in [5.74, 6) is 0. The van der Waals surface area contributed by atoms with Crippen LogP contribution >= 0.6 is 22.9 Å². The van der Waals surface area contributed by atoms with Gasteiger partial charge in [-0.1, -0.05) is 22.9 Å². The van der Waals surface area contributed by atoms with E-state index >= 15 is 0 Å². The summed E-state index contributed by atoms with van der Waals surface area (Å²) in [4.78, 5) is 6.66. The van der Waals surface area contributed by atoms with Gasteiger partial charge in [0.25, 0.3) is 0 Å². The van der Waals surface area contributed by atoms with Gasteiger partial charge < -0.3 is 10.2 Å². The van der Waals surface area contributed by atoms with Crippen molar-refractivity contribution in [2.45, 2.75) is 18.4 Å². The van der Waals surface area contributed by atoms with Gasteiger partial charge in [-0.15, -0.1) is 0 Å². The molecule has 0 unspecified atom stereocenters. The molecule has 1 N–H and O–H groups in total. The molecule has 1 spiro atoms. The molecular formula is C9H12ClN3S. The monoisotopic (exact) mass is 229 g/mol. The van der Waals surface area contributed by atoms with Gasteiger partial charge in [0.05, 0.1) is 6.20 Å². The molecule has 1 saturated heterocycles. The quantitative estimate of drug-likeness (QED) is 0.795. The van der Waals surface area contributed by atoms with Gasteiger partial charge >= 0.3 is 0 Å². The first-order chi connectivity index (χ1) is 6.77. The highest BCUT2D eigenvalue weighted by molar-refractivity contribution is 7.19. The third-order valence-corrected chi connectivity index (χ3v) is 4.14. The van der Waals surface area contributed by atoms with Crippen molar-refractivity contribution < 1.29 is 0 Å². The number of anilines is 1. The number of aromatic nitrogens is 1. The molecular weight excluding hydrogens is 218 g/mol. The molecule has 0 atom stereocenters. The molecule has 0 radical (unpaired) electrons. The van der Waals surface area contributed by atoms with Crippen molar-refractivity contribution in [2.75, 3.05) is 24.5 Å². The van der Waals surface area contributed by atoms with Crippen molar-refractivity contribution in [3.63, 3.8) is 0 Å². The standard InChI is InChI=1S/C9H12ClN3S/c10-7-5-11-8(14-7)13-4-3-12-9(6-13)1-2-9/h5,12H,1-4,6H2. The molecule has 14 heavy (non-hydrogen) atoms. The molecule has 2 aliphatic rings. The van der Waals surface area contributed by atoms with Crippen LogP contribution < -0.4 is 10.2 Å². The highest BCUT2D eigenvalue weighted by Crippen LogP contribution is 2.39. The van der Waals surface area contributed by atoms with Crippen LogP contribution in [-0.4, -0.2) is 30.2 Å². The lowest BCUT2D eigenvalue weighted by Crippen LogP contribution is -2.52. The summed E-state index contributed by atoms with van der Waals surface area (Å²) in [6, 6.07) is 0. The van der Waals surface area contributed by atoms with Gasteiger partial charge in [-0.2, -0.15) is 0 Å². The second kappa shape index (κ2) is 3.08. The van der Waals surface area contributed by atoms with Crippen LogP contribution in [0.5, 0.6) is 0 Å². The van der Waals surface area contributed by atoms with Crippen molar-refractivity contribution in [2.24, 2.45) is 0 Å². The number of hydrogen-bond acceptors (Lipinski definition) is 4. The van der Waals surface area contributed by atoms with Crippen molar-refractivity contribution in [1.29, 1.82) is 0 Å². The smallest absolute Gasteiger partial charge is 0.186 e. The van der Waals surface area contributed by atoms with Crippen LogP contribution in [0.25, 0.3) is 0 Å². The van der Waals surface area contributed by atoms with E-state index in [9.17, 15) is 0 Å². The van der Waals surface area contributed by atoms with Gasteiger partial charge in [0, 0.05) is 25.2 Å². The van der Waals surface area contributed by atoms with Gasteiger partial charge in [-0.25, -0.2) is 4.98 Å². The van der Waals surface area contributed by atoms with Gasteiger partial charge in [-0.3, -0.25) is 0 Å². The summed E-state index contributed by atoms with van der Waals surface area (Å²) < 4.78 is 0.781. The number of piperazine rings is 1. The molecule has 1 aromatic heterocycles. The Balaban J connectivity index is 1.78. The van der Waals surface area contributed by atoms with E-state index in [1.54, 1.807) is 17.5 Å². The Hall–Kier alpha value is -0.320. The van der Waals surface area contributed by atoms with Gasteiger partial charge in [0.2, 0.25) is 0 Å². The fourth-order valence-corrected chi connectivity index (χ4v) is 2.92. The van der Waals surface area contributed by atoms with Crippen LogP contribution in [0, 0.1) is 0 Å². The maximum Gasteiger partial charge on any atom is 0.186 e. The van der Waals surface area contributed by atoms with Crippen molar-refractivity contribution in [3.8, 4) is 0 Å². The lowest BCUT2D eigenvalue weighted by molar-refractivity contribution is 0.442. The summed E-state index contributed by atoms with van der Waals surface area (Å²) >= 11 is 7.46. The zero-order valence-corrected chi connectivity index (χ0v) is 9.37. The maximum atomic E-state index is 5.88. The highest BCUT2D eigenvalue weighted by atomic mass is 35.5. The minimum atomic E-state index is 0.413. The zero-order chi connectivity index (χ0) is 9.60. The van der Waals surface area contributed by atoms with Gasteiger partial charge in [0.1, 0.15) is 4.34 Å². The first kappa shape index (κ1) is 8.95. The second-order valence-corrected chi connectivity index (χ2v) is 5.72. The summed E-state index contributed by atoms with van der Waals surface area (Å²) in [5.41, 5.74) is 0.413. The van der Waals surface area contributed by atoms with Crippen LogP contribution in [0.1, 0.15) is 12.8 Å². The third-order valence-electron chi connectivity index (χ3n) is 2.96. The number of hydrogen-bond donors (Lipinski definition) is 1. The normalized spacial score (nSPS) is 24.2. The Morgan fingerprint density at radius 3 is 3.07 bits per heavy atom.